The summed E-state index contributed by atoms with van der Waals surface area (Å²) < 4.78 is 0. The third-order valence-electron chi connectivity index (χ3n) is 2.56. The Kier molecular flexibility index (Phi) is 2.82. The lowest BCUT2D eigenvalue weighted by Gasteiger charge is -1.99. The van der Waals surface area contributed by atoms with Gasteiger partial charge in [0.25, 0.3) is 0 Å². The Balaban J connectivity index is 1.74. The molecule has 1 amide bonds. The number of thiophene rings is 1. The van der Waals surface area contributed by atoms with E-state index < -0.39 is 0 Å². The predicted molar refractivity (Wildman–Crippen MR) is 72.7 cm³/mol. The Morgan fingerprint density at radius 2 is 2.17 bits per heavy atom. The Morgan fingerprint density at radius 3 is 2.94 bits per heavy atom. The second kappa shape index (κ2) is 4.62. The molecule has 2 aromatic heterocycles. The zero-order chi connectivity index (χ0) is 12.4. The van der Waals surface area contributed by atoms with Gasteiger partial charge in [0.1, 0.15) is 0 Å². The molecule has 0 aliphatic rings. The Morgan fingerprint density at radius 1 is 1.28 bits per heavy atom. The molecule has 5 heteroatoms. The van der Waals surface area contributed by atoms with Crippen molar-refractivity contribution in [2.75, 3.05) is 5.32 Å². The van der Waals surface area contributed by atoms with Crippen LogP contribution in [-0.2, 0) is 11.2 Å². The molecule has 0 saturated heterocycles. The van der Waals surface area contributed by atoms with Crippen molar-refractivity contribution in [3.05, 3.63) is 46.7 Å². The number of carbonyl (C=O) groups is 1. The SMILES string of the molecule is O=C(Cc1cccs1)Nc1nc2ccccc2[nH]1. The van der Waals surface area contributed by atoms with Crippen molar-refractivity contribution >= 4 is 34.2 Å². The van der Waals surface area contributed by atoms with Gasteiger partial charge in [-0.25, -0.2) is 4.98 Å². The van der Waals surface area contributed by atoms with Crippen molar-refractivity contribution in [1.29, 1.82) is 0 Å². The number of hydrogen-bond acceptors (Lipinski definition) is 3. The van der Waals surface area contributed by atoms with Gasteiger partial charge in [0.05, 0.1) is 17.5 Å². The number of anilines is 1. The summed E-state index contributed by atoms with van der Waals surface area (Å²) in [6, 6.07) is 11.6. The van der Waals surface area contributed by atoms with Crippen molar-refractivity contribution in [3.8, 4) is 0 Å². The summed E-state index contributed by atoms with van der Waals surface area (Å²) in [5.41, 5.74) is 1.77. The predicted octanol–water partition coefficient (Wildman–Crippen LogP) is 2.81. The Bertz CT molecular complexity index is 639. The highest BCUT2D eigenvalue weighted by molar-refractivity contribution is 7.10. The highest BCUT2D eigenvalue weighted by atomic mass is 32.1. The van der Waals surface area contributed by atoms with Crippen molar-refractivity contribution in [2.45, 2.75) is 6.42 Å². The molecule has 4 nitrogen and oxygen atoms in total. The van der Waals surface area contributed by atoms with Gasteiger partial charge in [0.15, 0.2) is 0 Å². The van der Waals surface area contributed by atoms with Crippen LogP contribution in [0.4, 0.5) is 5.95 Å². The van der Waals surface area contributed by atoms with Gasteiger partial charge in [-0.2, -0.15) is 0 Å². The quantitative estimate of drug-likeness (QED) is 0.758. The summed E-state index contributed by atoms with van der Waals surface area (Å²) in [6.07, 6.45) is 0.384. The van der Waals surface area contributed by atoms with Crippen LogP contribution in [-0.4, -0.2) is 15.9 Å². The van der Waals surface area contributed by atoms with Gasteiger partial charge in [-0.15, -0.1) is 11.3 Å². The van der Waals surface area contributed by atoms with Gasteiger partial charge in [0, 0.05) is 4.88 Å². The summed E-state index contributed by atoms with van der Waals surface area (Å²) in [6.45, 7) is 0. The molecule has 2 N–H and O–H groups in total. The minimum absolute atomic E-state index is 0.0588. The number of para-hydroxylation sites is 2. The summed E-state index contributed by atoms with van der Waals surface area (Å²) in [7, 11) is 0. The molecule has 2 heterocycles. The first-order valence-corrected chi connectivity index (χ1v) is 6.46. The number of nitrogens with one attached hydrogen (secondary N) is 2. The number of aromatic amines is 1. The number of imidazole rings is 1. The van der Waals surface area contributed by atoms with Crippen LogP contribution in [0.1, 0.15) is 4.88 Å². The average molecular weight is 257 g/mol. The van der Waals surface area contributed by atoms with Crippen molar-refractivity contribution in [3.63, 3.8) is 0 Å². The molecule has 0 unspecified atom stereocenters. The second-order valence-electron chi connectivity index (χ2n) is 3.91. The number of rotatable bonds is 3. The number of carbonyl (C=O) groups excluding carboxylic acids is 1. The number of amides is 1. The summed E-state index contributed by atoms with van der Waals surface area (Å²) in [5.74, 6) is 0.439. The summed E-state index contributed by atoms with van der Waals surface area (Å²) >= 11 is 1.58. The third-order valence-corrected chi connectivity index (χ3v) is 3.44. The van der Waals surface area contributed by atoms with Gasteiger partial charge >= 0.3 is 0 Å². The lowest BCUT2D eigenvalue weighted by atomic mass is 10.3. The van der Waals surface area contributed by atoms with E-state index in [-0.39, 0.29) is 5.91 Å². The van der Waals surface area contributed by atoms with E-state index in [4.69, 9.17) is 0 Å². The fourth-order valence-electron chi connectivity index (χ4n) is 1.76. The highest BCUT2D eigenvalue weighted by Crippen LogP contribution is 2.14. The van der Waals surface area contributed by atoms with Crippen molar-refractivity contribution in [2.24, 2.45) is 0 Å². The molecule has 3 aromatic rings. The Labute approximate surface area is 108 Å². The van der Waals surface area contributed by atoms with Crippen molar-refractivity contribution in [1.82, 2.24) is 9.97 Å². The molecule has 0 fully saturated rings. The molecule has 1 aromatic carbocycles. The van der Waals surface area contributed by atoms with E-state index in [1.807, 2.05) is 41.8 Å². The van der Waals surface area contributed by atoms with Crippen LogP contribution in [0.5, 0.6) is 0 Å². The van der Waals surface area contributed by atoms with E-state index in [0.717, 1.165) is 15.9 Å². The van der Waals surface area contributed by atoms with E-state index in [2.05, 4.69) is 15.3 Å². The molecule has 0 aliphatic heterocycles. The minimum Gasteiger partial charge on any atom is -0.324 e. The molecule has 3 rings (SSSR count). The first-order chi connectivity index (χ1) is 8.81. The Hall–Kier alpha value is -2.14. The first kappa shape index (κ1) is 11.0. The molecule has 0 atom stereocenters. The van der Waals surface area contributed by atoms with E-state index in [0.29, 0.717) is 12.4 Å². The molecule has 0 bridgehead atoms. The third kappa shape index (κ3) is 2.26. The molecule has 0 spiro atoms. The minimum atomic E-state index is -0.0588. The van der Waals surface area contributed by atoms with E-state index in [1.54, 1.807) is 11.3 Å². The standard InChI is InChI=1S/C13H11N3OS/c17-12(8-9-4-3-7-18-9)16-13-14-10-5-1-2-6-11(10)15-13/h1-7H,8H2,(H2,14,15,16,17). The maximum atomic E-state index is 11.8. The number of fused-ring (bicyclic) bond motifs is 1. The number of aromatic nitrogens is 2. The molecule has 0 radical (unpaired) electrons. The fraction of sp³-hybridized carbons (Fsp3) is 0.0769. The zero-order valence-electron chi connectivity index (χ0n) is 9.51. The number of benzene rings is 1. The highest BCUT2D eigenvalue weighted by Gasteiger charge is 2.07. The molecule has 0 aliphatic carbocycles. The second-order valence-corrected chi connectivity index (χ2v) is 4.94. The smallest absolute Gasteiger partial charge is 0.231 e. The fourth-order valence-corrected chi connectivity index (χ4v) is 2.46. The van der Waals surface area contributed by atoms with E-state index in [1.165, 1.54) is 0 Å². The van der Waals surface area contributed by atoms with Gasteiger partial charge in [-0.1, -0.05) is 18.2 Å². The summed E-state index contributed by atoms with van der Waals surface area (Å²) in [5, 5.41) is 4.73. The van der Waals surface area contributed by atoms with Crippen LogP contribution in [0, 0.1) is 0 Å². The largest absolute Gasteiger partial charge is 0.324 e. The van der Waals surface area contributed by atoms with Crippen molar-refractivity contribution < 1.29 is 4.79 Å². The molecule has 0 saturated carbocycles. The van der Waals surface area contributed by atoms with E-state index in [9.17, 15) is 4.79 Å². The molecule has 90 valence electrons. The monoisotopic (exact) mass is 257 g/mol. The van der Waals surface area contributed by atoms with Crippen LogP contribution in [0.2, 0.25) is 0 Å². The lowest BCUT2D eigenvalue weighted by molar-refractivity contribution is -0.115. The normalized spacial score (nSPS) is 10.7. The maximum Gasteiger partial charge on any atom is 0.231 e. The summed E-state index contributed by atoms with van der Waals surface area (Å²) in [4.78, 5) is 20.2. The van der Waals surface area contributed by atoms with Crippen LogP contribution in [0.25, 0.3) is 11.0 Å². The average Bonchev–Trinajstić information content (AvgIpc) is 2.96. The molecule has 18 heavy (non-hydrogen) atoms. The maximum absolute atomic E-state index is 11.8. The first-order valence-electron chi connectivity index (χ1n) is 5.58. The molecular formula is C13H11N3OS. The lowest BCUT2D eigenvalue weighted by Crippen LogP contribution is -2.14. The number of hydrogen-bond donors (Lipinski definition) is 2. The number of H-pyrrole nitrogens is 1. The molecular weight excluding hydrogens is 246 g/mol. The number of nitrogens with zero attached hydrogens (tertiary/aromatic N) is 1. The van der Waals surface area contributed by atoms with Gasteiger partial charge < -0.3 is 4.98 Å². The van der Waals surface area contributed by atoms with Crippen LogP contribution in [0.15, 0.2) is 41.8 Å². The van der Waals surface area contributed by atoms with Gasteiger partial charge in [-0.05, 0) is 23.6 Å². The van der Waals surface area contributed by atoms with Gasteiger partial charge in [0.2, 0.25) is 11.9 Å². The topological polar surface area (TPSA) is 57.8 Å². The van der Waals surface area contributed by atoms with Crippen LogP contribution < -0.4 is 5.32 Å². The van der Waals surface area contributed by atoms with Crippen LogP contribution >= 0.6 is 11.3 Å². The van der Waals surface area contributed by atoms with E-state index >= 15 is 0 Å². The zero-order valence-corrected chi connectivity index (χ0v) is 10.3. The van der Waals surface area contributed by atoms with Gasteiger partial charge in [-0.3, -0.25) is 10.1 Å². The van der Waals surface area contributed by atoms with Crippen LogP contribution in [0.3, 0.4) is 0 Å².